The molecule has 82 valence electrons. The van der Waals surface area contributed by atoms with Gasteiger partial charge in [-0.2, -0.15) is 5.10 Å². The first-order chi connectivity index (χ1) is 7.79. The number of aromatic nitrogens is 2. The first-order valence-corrected chi connectivity index (χ1v) is 5.19. The second-order valence-corrected chi connectivity index (χ2v) is 3.74. The Balaban J connectivity index is 2.22. The number of alkyl halides is 1. The number of aromatic amines is 1. The second-order valence-electron chi connectivity index (χ2n) is 3.33. The summed E-state index contributed by atoms with van der Waals surface area (Å²) in [5.41, 5.74) is 2.34. The first-order valence-electron chi connectivity index (χ1n) is 4.81. The summed E-state index contributed by atoms with van der Waals surface area (Å²) in [5, 5.41) is 7.18. The minimum atomic E-state index is -0.496. The molecule has 1 heterocycles. The van der Waals surface area contributed by atoms with Crippen LogP contribution in [0.3, 0.4) is 0 Å². The lowest BCUT2D eigenvalue weighted by molar-refractivity contribution is 0.485. The van der Waals surface area contributed by atoms with Crippen LogP contribution in [-0.2, 0) is 6.67 Å². The zero-order valence-electron chi connectivity index (χ0n) is 8.45. The number of hydrogen-bond acceptors (Lipinski definition) is 1. The van der Waals surface area contributed by atoms with Crippen molar-refractivity contribution in [2.45, 2.75) is 6.67 Å². The lowest BCUT2D eigenvalue weighted by atomic mass is 10.1. The Morgan fingerprint density at radius 1 is 1.31 bits per heavy atom. The number of benzene rings is 1. The van der Waals surface area contributed by atoms with Crippen molar-refractivity contribution in [2.75, 3.05) is 0 Å². The highest BCUT2D eigenvalue weighted by Gasteiger charge is 1.98. The zero-order valence-corrected chi connectivity index (χ0v) is 9.21. The fourth-order valence-corrected chi connectivity index (χ4v) is 1.59. The van der Waals surface area contributed by atoms with Gasteiger partial charge >= 0.3 is 0 Å². The van der Waals surface area contributed by atoms with E-state index in [9.17, 15) is 4.39 Å². The topological polar surface area (TPSA) is 28.7 Å². The van der Waals surface area contributed by atoms with Crippen LogP contribution in [0.25, 0.3) is 12.2 Å². The summed E-state index contributed by atoms with van der Waals surface area (Å²) in [7, 11) is 0. The molecular formula is C12H10ClFN2. The van der Waals surface area contributed by atoms with Crippen LogP contribution in [0.2, 0.25) is 5.02 Å². The molecule has 0 bridgehead atoms. The molecule has 0 radical (unpaired) electrons. The van der Waals surface area contributed by atoms with Gasteiger partial charge in [0.15, 0.2) is 0 Å². The zero-order chi connectivity index (χ0) is 11.4. The molecular weight excluding hydrogens is 227 g/mol. The third-order valence-corrected chi connectivity index (χ3v) is 2.51. The molecule has 0 spiro atoms. The Labute approximate surface area is 97.8 Å². The standard InChI is InChI=1S/C12H10ClFN2/c13-12-7-9(8-14)1-2-10(12)3-4-11-5-6-15-16-11/h1-7H,8H2,(H,15,16)/b4-3+. The van der Waals surface area contributed by atoms with Crippen molar-refractivity contribution in [3.8, 4) is 0 Å². The van der Waals surface area contributed by atoms with Crippen LogP contribution in [0.1, 0.15) is 16.8 Å². The molecule has 0 fully saturated rings. The minimum absolute atomic E-state index is 0.496. The van der Waals surface area contributed by atoms with Crippen LogP contribution >= 0.6 is 11.6 Å². The summed E-state index contributed by atoms with van der Waals surface area (Å²) in [4.78, 5) is 0. The van der Waals surface area contributed by atoms with Gasteiger partial charge in [0.25, 0.3) is 0 Å². The molecule has 0 unspecified atom stereocenters. The van der Waals surface area contributed by atoms with Gasteiger partial charge in [-0.15, -0.1) is 0 Å². The monoisotopic (exact) mass is 236 g/mol. The van der Waals surface area contributed by atoms with Crippen LogP contribution in [0, 0.1) is 0 Å². The lowest BCUT2D eigenvalue weighted by Crippen LogP contribution is -1.81. The van der Waals surface area contributed by atoms with E-state index < -0.39 is 6.67 Å². The highest BCUT2D eigenvalue weighted by molar-refractivity contribution is 6.32. The summed E-state index contributed by atoms with van der Waals surface area (Å²) >= 11 is 6.00. The Morgan fingerprint density at radius 3 is 2.81 bits per heavy atom. The molecule has 1 aromatic carbocycles. The normalized spacial score (nSPS) is 11.1. The van der Waals surface area contributed by atoms with E-state index in [-0.39, 0.29) is 0 Å². The van der Waals surface area contributed by atoms with Crippen molar-refractivity contribution >= 4 is 23.8 Å². The molecule has 0 saturated heterocycles. The van der Waals surface area contributed by atoms with E-state index in [0.717, 1.165) is 11.3 Å². The molecule has 0 aliphatic rings. The number of H-pyrrole nitrogens is 1. The van der Waals surface area contributed by atoms with E-state index in [2.05, 4.69) is 10.2 Å². The smallest absolute Gasteiger partial charge is 0.115 e. The Kier molecular flexibility index (Phi) is 3.37. The maximum atomic E-state index is 12.4. The van der Waals surface area contributed by atoms with Gasteiger partial charge < -0.3 is 0 Å². The van der Waals surface area contributed by atoms with E-state index >= 15 is 0 Å². The molecule has 1 aromatic heterocycles. The van der Waals surface area contributed by atoms with E-state index in [1.165, 1.54) is 0 Å². The molecule has 1 N–H and O–H groups in total. The van der Waals surface area contributed by atoms with E-state index in [4.69, 9.17) is 11.6 Å². The Morgan fingerprint density at radius 2 is 2.19 bits per heavy atom. The molecule has 0 atom stereocenters. The molecule has 2 rings (SSSR count). The van der Waals surface area contributed by atoms with Crippen molar-refractivity contribution in [3.05, 3.63) is 52.3 Å². The van der Waals surface area contributed by atoms with Gasteiger partial charge in [-0.25, -0.2) is 4.39 Å². The van der Waals surface area contributed by atoms with Gasteiger partial charge in [-0.05, 0) is 29.3 Å². The largest absolute Gasteiger partial charge is 0.278 e. The van der Waals surface area contributed by atoms with Crippen molar-refractivity contribution in [1.29, 1.82) is 0 Å². The third kappa shape index (κ3) is 2.49. The van der Waals surface area contributed by atoms with E-state index in [0.29, 0.717) is 10.6 Å². The van der Waals surface area contributed by atoms with Crippen molar-refractivity contribution in [2.24, 2.45) is 0 Å². The summed E-state index contributed by atoms with van der Waals surface area (Å²) in [6.07, 6.45) is 5.40. The van der Waals surface area contributed by atoms with E-state index in [1.54, 1.807) is 24.4 Å². The number of hydrogen-bond donors (Lipinski definition) is 1. The number of halogens is 2. The second kappa shape index (κ2) is 4.94. The predicted molar refractivity (Wildman–Crippen MR) is 63.8 cm³/mol. The molecule has 2 nitrogen and oxygen atoms in total. The summed E-state index contributed by atoms with van der Waals surface area (Å²) in [6.45, 7) is -0.496. The molecule has 16 heavy (non-hydrogen) atoms. The number of nitrogens with one attached hydrogen (secondary N) is 1. The van der Waals surface area contributed by atoms with Crippen molar-refractivity contribution in [3.63, 3.8) is 0 Å². The Bertz CT molecular complexity index is 492. The average molecular weight is 237 g/mol. The fraction of sp³-hybridized carbons (Fsp3) is 0.0833. The van der Waals surface area contributed by atoms with Gasteiger partial charge in [0, 0.05) is 11.2 Å². The summed E-state index contributed by atoms with van der Waals surface area (Å²) in [5.74, 6) is 0. The molecule has 0 aliphatic carbocycles. The minimum Gasteiger partial charge on any atom is -0.278 e. The van der Waals surface area contributed by atoms with Crippen molar-refractivity contribution < 1.29 is 4.39 Å². The van der Waals surface area contributed by atoms with E-state index in [1.807, 2.05) is 18.2 Å². The quantitative estimate of drug-likeness (QED) is 0.865. The Hall–Kier alpha value is -1.61. The SMILES string of the molecule is FCc1ccc(/C=C/c2ccn[nH]2)c(Cl)c1. The maximum Gasteiger partial charge on any atom is 0.115 e. The van der Waals surface area contributed by atoms with Crippen molar-refractivity contribution in [1.82, 2.24) is 10.2 Å². The predicted octanol–water partition coefficient (Wildman–Crippen LogP) is 3.70. The molecule has 0 aliphatic heterocycles. The van der Waals surface area contributed by atoms with Crippen LogP contribution in [0.4, 0.5) is 4.39 Å². The molecule has 0 amide bonds. The van der Waals surface area contributed by atoms with Gasteiger partial charge in [0.05, 0.1) is 5.69 Å². The highest BCUT2D eigenvalue weighted by atomic mass is 35.5. The number of nitrogens with zero attached hydrogens (tertiary/aromatic N) is 1. The first kappa shape index (κ1) is 10.9. The van der Waals surface area contributed by atoms with Gasteiger partial charge in [-0.1, -0.05) is 29.8 Å². The molecule has 0 saturated carbocycles. The molecule has 2 aromatic rings. The number of rotatable bonds is 3. The van der Waals surface area contributed by atoms with Crippen LogP contribution in [-0.4, -0.2) is 10.2 Å². The summed E-state index contributed by atoms with van der Waals surface area (Å²) in [6, 6.07) is 7.00. The molecule has 4 heteroatoms. The van der Waals surface area contributed by atoms with Gasteiger partial charge in [-0.3, -0.25) is 5.10 Å². The van der Waals surface area contributed by atoms with Crippen LogP contribution < -0.4 is 0 Å². The highest BCUT2D eigenvalue weighted by Crippen LogP contribution is 2.20. The van der Waals surface area contributed by atoms with Crippen LogP contribution in [0.15, 0.2) is 30.5 Å². The average Bonchev–Trinajstić information content (AvgIpc) is 2.80. The third-order valence-electron chi connectivity index (χ3n) is 2.18. The fourth-order valence-electron chi connectivity index (χ4n) is 1.33. The summed E-state index contributed by atoms with van der Waals surface area (Å²) < 4.78 is 12.4. The van der Waals surface area contributed by atoms with Gasteiger partial charge in [0.1, 0.15) is 6.67 Å². The van der Waals surface area contributed by atoms with Crippen LogP contribution in [0.5, 0.6) is 0 Å². The van der Waals surface area contributed by atoms with Gasteiger partial charge in [0.2, 0.25) is 0 Å². The lowest BCUT2D eigenvalue weighted by Gasteiger charge is -2.00. The maximum absolute atomic E-state index is 12.4.